The van der Waals surface area contributed by atoms with Gasteiger partial charge < -0.3 is 14.8 Å². The molecule has 1 unspecified atom stereocenters. The second-order valence-electron chi connectivity index (χ2n) is 6.85. The maximum Gasteiger partial charge on any atom is 0.338 e. The van der Waals surface area contributed by atoms with Crippen molar-refractivity contribution in [3.8, 4) is 5.75 Å². The summed E-state index contributed by atoms with van der Waals surface area (Å²) in [4.78, 5) is 24.5. The van der Waals surface area contributed by atoms with E-state index in [4.69, 9.17) is 9.47 Å². The summed E-state index contributed by atoms with van der Waals surface area (Å²) in [5.74, 6) is -1.83. The molecule has 3 rings (SSSR count). The van der Waals surface area contributed by atoms with E-state index in [2.05, 4.69) is 10.0 Å². The second-order valence-corrected chi connectivity index (χ2v) is 8.53. The van der Waals surface area contributed by atoms with Crippen LogP contribution in [0, 0.1) is 5.82 Å². The number of sulfonamides is 1. The van der Waals surface area contributed by atoms with Gasteiger partial charge in [-0.15, -0.1) is 0 Å². The molecule has 0 aliphatic rings. The number of carbonyl (C=O) groups is 2. The Balaban J connectivity index is 1.65. The molecule has 0 heterocycles. The first kappa shape index (κ1) is 23.7. The molecule has 3 aromatic carbocycles. The number of methoxy groups -OCH3 is 1. The summed E-state index contributed by atoms with van der Waals surface area (Å²) < 4.78 is 51.6. The Labute approximate surface area is 190 Å². The Morgan fingerprint density at radius 3 is 2.15 bits per heavy atom. The van der Waals surface area contributed by atoms with Crippen LogP contribution in [0.1, 0.15) is 17.3 Å². The van der Waals surface area contributed by atoms with Crippen LogP contribution < -0.4 is 14.8 Å². The molecule has 0 bridgehead atoms. The average Bonchev–Trinajstić information content (AvgIpc) is 2.80. The zero-order valence-electron chi connectivity index (χ0n) is 17.7. The number of hydrogen-bond acceptors (Lipinski definition) is 6. The summed E-state index contributed by atoms with van der Waals surface area (Å²) in [6.45, 7) is 1.34. The van der Waals surface area contributed by atoms with Crippen LogP contribution in [0.25, 0.3) is 0 Å². The molecule has 10 heteroatoms. The Morgan fingerprint density at radius 2 is 1.52 bits per heavy atom. The van der Waals surface area contributed by atoms with E-state index in [0.29, 0.717) is 5.75 Å². The van der Waals surface area contributed by atoms with E-state index < -0.39 is 33.8 Å². The lowest BCUT2D eigenvalue weighted by Gasteiger charge is -2.14. The molecule has 0 fully saturated rings. The fourth-order valence-corrected chi connectivity index (χ4v) is 3.85. The monoisotopic (exact) mass is 472 g/mol. The molecule has 0 saturated carbocycles. The molecule has 0 spiro atoms. The molecule has 172 valence electrons. The minimum atomic E-state index is -3.95. The summed E-state index contributed by atoms with van der Waals surface area (Å²) in [6, 6.07) is 17.1. The number of para-hydroxylation sites is 3. The molecular formula is C23H21FN2O6S. The number of ether oxygens (including phenoxy) is 2. The van der Waals surface area contributed by atoms with Crippen molar-refractivity contribution in [3.63, 3.8) is 0 Å². The normalized spacial score (nSPS) is 11.8. The highest BCUT2D eigenvalue weighted by molar-refractivity contribution is 7.92. The highest BCUT2D eigenvalue weighted by Gasteiger charge is 2.21. The number of esters is 1. The van der Waals surface area contributed by atoms with Crippen LogP contribution >= 0.6 is 0 Å². The van der Waals surface area contributed by atoms with E-state index in [1.807, 2.05) is 0 Å². The predicted molar refractivity (Wildman–Crippen MR) is 120 cm³/mol. The van der Waals surface area contributed by atoms with Crippen molar-refractivity contribution >= 4 is 33.3 Å². The van der Waals surface area contributed by atoms with Crippen LogP contribution in [0.3, 0.4) is 0 Å². The van der Waals surface area contributed by atoms with Crippen LogP contribution in [0.4, 0.5) is 15.8 Å². The zero-order valence-corrected chi connectivity index (χ0v) is 18.6. The van der Waals surface area contributed by atoms with E-state index >= 15 is 0 Å². The number of anilines is 2. The number of rotatable bonds is 8. The maximum absolute atomic E-state index is 13.7. The van der Waals surface area contributed by atoms with Gasteiger partial charge in [0, 0.05) is 0 Å². The second kappa shape index (κ2) is 10.1. The highest BCUT2D eigenvalue weighted by Crippen LogP contribution is 2.26. The molecule has 0 aliphatic heterocycles. The van der Waals surface area contributed by atoms with Gasteiger partial charge in [0.1, 0.15) is 11.6 Å². The number of benzene rings is 3. The topological polar surface area (TPSA) is 111 Å². The third-order valence-electron chi connectivity index (χ3n) is 4.54. The fraction of sp³-hybridized carbons (Fsp3) is 0.130. The van der Waals surface area contributed by atoms with Gasteiger partial charge in [0.05, 0.1) is 28.9 Å². The van der Waals surface area contributed by atoms with Gasteiger partial charge in [-0.05, 0) is 55.5 Å². The van der Waals surface area contributed by atoms with Gasteiger partial charge in [-0.1, -0.05) is 24.3 Å². The summed E-state index contributed by atoms with van der Waals surface area (Å²) in [5, 5.41) is 2.34. The molecule has 0 aromatic heterocycles. The van der Waals surface area contributed by atoms with Gasteiger partial charge in [0.2, 0.25) is 0 Å². The van der Waals surface area contributed by atoms with Crippen LogP contribution in [0.15, 0.2) is 77.7 Å². The summed E-state index contributed by atoms with van der Waals surface area (Å²) >= 11 is 0. The molecule has 0 radical (unpaired) electrons. The van der Waals surface area contributed by atoms with Crippen LogP contribution in [0.2, 0.25) is 0 Å². The lowest BCUT2D eigenvalue weighted by Crippen LogP contribution is -2.30. The van der Waals surface area contributed by atoms with Crippen molar-refractivity contribution in [1.82, 2.24) is 0 Å². The molecule has 1 atom stereocenters. The largest absolute Gasteiger partial charge is 0.495 e. The molecular weight excluding hydrogens is 451 g/mol. The molecule has 3 aromatic rings. The lowest BCUT2D eigenvalue weighted by molar-refractivity contribution is -0.123. The SMILES string of the molecule is COc1ccccc1NS(=O)(=O)c1ccc(C(=O)OC(C)C(=O)Nc2ccccc2F)cc1. The van der Waals surface area contributed by atoms with Gasteiger partial charge in [-0.3, -0.25) is 9.52 Å². The lowest BCUT2D eigenvalue weighted by atomic mass is 10.2. The Bertz CT molecular complexity index is 1260. The third kappa shape index (κ3) is 5.86. The predicted octanol–water partition coefficient (Wildman–Crippen LogP) is 3.82. The van der Waals surface area contributed by atoms with Crippen molar-refractivity contribution in [1.29, 1.82) is 0 Å². The van der Waals surface area contributed by atoms with Crippen molar-refractivity contribution in [2.24, 2.45) is 0 Å². The number of carbonyl (C=O) groups excluding carboxylic acids is 2. The van der Waals surface area contributed by atoms with Gasteiger partial charge in [-0.2, -0.15) is 0 Å². The van der Waals surface area contributed by atoms with Gasteiger partial charge >= 0.3 is 5.97 Å². The van der Waals surface area contributed by atoms with Gasteiger partial charge in [0.25, 0.3) is 15.9 Å². The van der Waals surface area contributed by atoms with Crippen molar-refractivity contribution in [3.05, 3.63) is 84.2 Å². The average molecular weight is 472 g/mol. The first-order chi connectivity index (χ1) is 15.7. The van der Waals surface area contributed by atoms with Crippen LogP contribution in [0.5, 0.6) is 5.75 Å². The molecule has 0 aliphatic carbocycles. The van der Waals surface area contributed by atoms with Gasteiger partial charge in [0.15, 0.2) is 6.10 Å². The first-order valence-electron chi connectivity index (χ1n) is 9.73. The van der Waals surface area contributed by atoms with E-state index in [1.165, 1.54) is 56.5 Å². The number of hydrogen-bond donors (Lipinski definition) is 2. The summed E-state index contributed by atoms with van der Waals surface area (Å²) in [5.41, 5.74) is 0.262. The van der Waals surface area contributed by atoms with Crippen LogP contribution in [-0.4, -0.2) is 33.5 Å². The standard InChI is InChI=1S/C23H21FN2O6S/c1-15(22(27)25-19-8-4-3-7-18(19)24)32-23(28)16-11-13-17(14-12-16)33(29,30)26-20-9-5-6-10-21(20)31-2/h3-15,26H,1-2H3,(H,25,27). The summed E-state index contributed by atoms with van der Waals surface area (Å²) in [6.07, 6.45) is -1.22. The Morgan fingerprint density at radius 1 is 0.909 bits per heavy atom. The smallest absolute Gasteiger partial charge is 0.338 e. The Hall–Kier alpha value is -3.92. The number of halogens is 1. The highest BCUT2D eigenvalue weighted by atomic mass is 32.2. The van der Waals surface area contributed by atoms with Gasteiger partial charge in [-0.25, -0.2) is 17.6 Å². The fourth-order valence-electron chi connectivity index (χ4n) is 2.78. The summed E-state index contributed by atoms with van der Waals surface area (Å²) in [7, 11) is -2.52. The van der Waals surface area contributed by atoms with E-state index in [0.717, 1.165) is 0 Å². The number of nitrogens with one attached hydrogen (secondary N) is 2. The van der Waals surface area contributed by atoms with Crippen molar-refractivity contribution in [2.45, 2.75) is 17.9 Å². The molecule has 8 nitrogen and oxygen atoms in total. The van der Waals surface area contributed by atoms with E-state index in [-0.39, 0.29) is 21.8 Å². The minimum absolute atomic E-state index is 0.0387. The maximum atomic E-state index is 13.7. The van der Waals surface area contributed by atoms with Crippen LogP contribution in [-0.2, 0) is 19.6 Å². The van der Waals surface area contributed by atoms with E-state index in [9.17, 15) is 22.4 Å². The van der Waals surface area contributed by atoms with E-state index in [1.54, 1.807) is 30.3 Å². The van der Waals surface area contributed by atoms with Crippen molar-refractivity contribution < 1.29 is 31.9 Å². The molecule has 2 N–H and O–H groups in total. The Kier molecular flexibility index (Phi) is 7.29. The quantitative estimate of drug-likeness (QED) is 0.482. The molecule has 33 heavy (non-hydrogen) atoms. The molecule has 1 amide bonds. The first-order valence-corrected chi connectivity index (χ1v) is 11.2. The number of amides is 1. The zero-order chi connectivity index (χ0) is 24.0. The minimum Gasteiger partial charge on any atom is -0.495 e. The third-order valence-corrected chi connectivity index (χ3v) is 5.92. The molecule has 0 saturated heterocycles. The van der Waals surface area contributed by atoms with Crippen molar-refractivity contribution in [2.75, 3.05) is 17.1 Å².